The molecule has 1 aliphatic rings. The molecule has 16 heteroatoms. The van der Waals surface area contributed by atoms with Crippen LogP contribution in [0.5, 0.6) is 0 Å². The number of hydrogen-bond acceptors (Lipinski definition) is 0. The van der Waals surface area contributed by atoms with E-state index in [4.69, 9.17) is 0 Å². The third kappa shape index (κ3) is 3.43. The average Bonchev–Trinajstić information content (AvgIpc) is 3.30. The number of halogens is 15. The molecule has 0 aromatic heterocycles. The Morgan fingerprint density at radius 3 is 0.921 bits per heavy atom. The van der Waals surface area contributed by atoms with E-state index in [1.54, 1.807) is 0 Å². The second-order valence-electron chi connectivity index (χ2n) is 7.58. The van der Waals surface area contributed by atoms with E-state index in [1.807, 2.05) is 0 Å². The molecule has 0 unspecified atom stereocenters. The summed E-state index contributed by atoms with van der Waals surface area (Å²) in [5.74, 6) is -42.3. The molecular weight excluding hydrogens is 622 g/mol. The quantitative estimate of drug-likeness (QED) is 0.144. The van der Waals surface area contributed by atoms with Crippen LogP contribution >= 0.6 is 0 Å². The van der Waals surface area contributed by atoms with Crippen LogP contribution in [-0.4, -0.2) is 13.3 Å². The Labute approximate surface area is 202 Å². The third-order valence-electron chi connectivity index (χ3n) is 5.72. The van der Waals surface area contributed by atoms with Crippen molar-refractivity contribution in [2.75, 3.05) is 0 Å². The van der Waals surface area contributed by atoms with E-state index in [1.165, 1.54) is 0 Å². The van der Waals surface area contributed by atoms with Gasteiger partial charge in [0.05, 0.1) is 0 Å². The molecule has 0 nitrogen and oxygen atoms in total. The fourth-order valence-corrected chi connectivity index (χ4v) is 13.5. The molecule has 0 amide bonds. The van der Waals surface area contributed by atoms with Gasteiger partial charge in [-0.05, 0) is 0 Å². The van der Waals surface area contributed by atoms with Crippen LogP contribution in [0.1, 0.15) is 5.56 Å². The summed E-state index contributed by atoms with van der Waals surface area (Å²) in [6, 6.07) is 0. The summed E-state index contributed by atoms with van der Waals surface area (Å²) in [5, 5.41) is 0. The zero-order valence-corrected chi connectivity index (χ0v) is 19.5. The fourth-order valence-electron chi connectivity index (χ4n) is 4.10. The Morgan fingerprint density at radius 2 is 0.605 bits per heavy atom. The van der Waals surface area contributed by atoms with Gasteiger partial charge in [-0.25, -0.2) is 0 Å². The van der Waals surface area contributed by atoms with Gasteiger partial charge >= 0.3 is 202 Å². The standard InChI is InChI=1S/C22H3F15Ge/c23-6-5(7(24)9(26)10(27)8(6)25)4-2-1-3-38(4,21-17(34)13(30)11(28)14(31)18(21)35)22-19(36)15(32)12(29)16(33)20(22)37/h1-3H. The van der Waals surface area contributed by atoms with Crippen molar-refractivity contribution in [3.63, 3.8) is 0 Å². The van der Waals surface area contributed by atoms with Gasteiger partial charge in [-0.1, -0.05) is 0 Å². The van der Waals surface area contributed by atoms with Crippen LogP contribution in [0.15, 0.2) is 17.1 Å². The Hall–Kier alpha value is -3.37. The van der Waals surface area contributed by atoms with Gasteiger partial charge in [0.25, 0.3) is 0 Å². The van der Waals surface area contributed by atoms with E-state index in [0.29, 0.717) is 6.08 Å². The van der Waals surface area contributed by atoms with Gasteiger partial charge in [-0.2, -0.15) is 0 Å². The molecule has 0 radical (unpaired) electrons. The predicted molar refractivity (Wildman–Crippen MR) is 101 cm³/mol. The first-order chi connectivity index (χ1) is 17.6. The monoisotopic (exact) mass is 626 g/mol. The second-order valence-corrected chi connectivity index (χ2v) is 14.9. The summed E-state index contributed by atoms with van der Waals surface area (Å²) in [6.07, 6.45) is 0.637. The molecule has 1 heterocycles. The maximum absolute atomic E-state index is 15.0. The van der Waals surface area contributed by atoms with Crippen LogP contribution < -0.4 is 8.79 Å². The van der Waals surface area contributed by atoms with Crippen LogP contribution in [0.3, 0.4) is 0 Å². The van der Waals surface area contributed by atoms with E-state index in [2.05, 4.69) is 0 Å². The molecule has 0 bridgehead atoms. The van der Waals surface area contributed by atoms with E-state index in [0.717, 1.165) is 0 Å². The van der Waals surface area contributed by atoms with Gasteiger partial charge < -0.3 is 0 Å². The minimum atomic E-state index is -7.05. The molecule has 0 spiro atoms. The van der Waals surface area contributed by atoms with Crippen LogP contribution in [0.25, 0.3) is 4.41 Å². The summed E-state index contributed by atoms with van der Waals surface area (Å²) in [6.45, 7) is 0. The van der Waals surface area contributed by atoms with Crippen molar-refractivity contribution < 1.29 is 65.9 Å². The fraction of sp³-hybridized carbons (Fsp3) is 0. The summed E-state index contributed by atoms with van der Waals surface area (Å²) in [5.41, 5.74) is -2.15. The molecule has 0 saturated heterocycles. The number of benzene rings is 3. The van der Waals surface area contributed by atoms with Crippen LogP contribution in [-0.2, 0) is 0 Å². The van der Waals surface area contributed by atoms with Crippen molar-refractivity contribution in [1.82, 2.24) is 0 Å². The van der Waals surface area contributed by atoms with Gasteiger partial charge in [-0.3, -0.25) is 0 Å². The van der Waals surface area contributed by atoms with Crippen LogP contribution in [0.2, 0.25) is 0 Å². The first-order valence-corrected chi connectivity index (χ1v) is 13.9. The van der Waals surface area contributed by atoms with Gasteiger partial charge in [0.1, 0.15) is 0 Å². The average molecular weight is 625 g/mol. The van der Waals surface area contributed by atoms with Gasteiger partial charge in [0.15, 0.2) is 0 Å². The predicted octanol–water partition coefficient (Wildman–Crippen LogP) is 6.07. The number of hydrogen-bond donors (Lipinski definition) is 0. The third-order valence-corrected chi connectivity index (χ3v) is 15.0. The van der Waals surface area contributed by atoms with E-state index in [-0.39, 0.29) is 11.0 Å². The molecule has 0 saturated carbocycles. The topological polar surface area (TPSA) is 0 Å². The minimum absolute atomic E-state index is 0.171. The molecule has 0 atom stereocenters. The van der Waals surface area contributed by atoms with E-state index < -0.39 is 119 Å². The van der Waals surface area contributed by atoms with Crippen LogP contribution in [0.4, 0.5) is 65.9 Å². The van der Waals surface area contributed by atoms with E-state index >= 15 is 17.6 Å². The molecule has 0 N–H and O–H groups in total. The first kappa shape index (κ1) is 27.7. The summed E-state index contributed by atoms with van der Waals surface area (Å²) in [4.78, 5) is 0.171. The zero-order valence-electron chi connectivity index (χ0n) is 17.4. The summed E-state index contributed by atoms with van der Waals surface area (Å²) < 4.78 is 209. The first-order valence-electron chi connectivity index (χ1n) is 9.58. The molecule has 4 rings (SSSR count). The molecule has 38 heavy (non-hydrogen) atoms. The molecule has 200 valence electrons. The zero-order chi connectivity index (χ0) is 28.6. The molecule has 3 aromatic rings. The van der Waals surface area contributed by atoms with Crippen molar-refractivity contribution in [3.8, 4) is 0 Å². The molecule has 0 fully saturated rings. The Kier molecular flexibility index (Phi) is 6.65. The number of allylic oxidation sites excluding steroid dienone is 2. The van der Waals surface area contributed by atoms with E-state index in [9.17, 15) is 48.3 Å². The van der Waals surface area contributed by atoms with Gasteiger partial charge in [-0.15, -0.1) is 0 Å². The maximum atomic E-state index is 15.0. The van der Waals surface area contributed by atoms with Gasteiger partial charge in [0, 0.05) is 0 Å². The molecular formula is C22H3F15Ge. The van der Waals surface area contributed by atoms with Crippen molar-refractivity contribution in [1.29, 1.82) is 0 Å². The van der Waals surface area contributed by atoms with Gasteiger partial charge in [0.2, 0.25) is 0 Å². The van der Waals surface area contributed by atoms with Crippen molar-refractivity contribution in [2.45, 2.75) is 0 Å². The van der Waals surface area contributed by atoms with Crippen LogP contribution in [0, 0.1) is 87.3 Å². The Balaban J connectivity index is 2.33. The van der Waals surface area contributed by atoms with Crippen molar-refractivity contribution in [3.05, 3.63) is 110 Å². The molecule has 1 aliphatic heterocycles. The summed E-state index contributed by atoms with van der Waals surface area (Å²) >= 11 is -7.05. The van der Waals surface area contributed by atoms with Crippen molar-refractivity contribution in [2.24, 2.45) is 0 Å². The SMILES string of the molecule is Fc1c(F)c(F)c([C]2=CC=[CH][Ge]2([c]2c(F)c(F)c(F)c(F)c2F)[c]2c(F)c(F)c(F)c(F)c2F)c(F)c1F. The Bertz CT molecular complexity index is 1470. The summed E-state index contributed by atoms with van der Waals surface area (Å²) in [7, 11) is 0. The normalized spacial score (nSPS) is 14.4. The molecule has 3 aromatic carbocycles. The second kappa shape index (κ2) is 9.13. The Morgan fingerprint density at radius 1 is 0.342 bits per heavy atom. The number of rotatable bonds is 3. The molecule has 0 aliphatic carbocycles. The van der Waals surface area contributed by atoms with Crippen molar-refractivity contribution >= 4 is 26.5 Å².